The number of nitro groups is 1. The highest BCUT2D eigenvalue weighted by Crippen LogP contribution is 2.31. The second kappa shape index (κ2) is 8.11. The van der Waals surface area contributed by atoms with Crippen LogP contribution in [-0.2, 0) is 4.79 Å². The third kappa shape index (κ3) is 3.82. The number of nitrogens with zero attached hydrogens (tertiary/aromatic N) is 2. The molecule has 3 aromatic rings. The maximum absolute atomic E-state index is 12.8. The van der Waals surface area contributed by atoms with Gasteiger partial charge in [-0.1, -0.05) is 42.0 Å². The number of imide groups is 1. The van der Waals surface area contributed by atoms with Crippen molar-refractivity contribution in [1.82, 2.24) is 10.2 Å². The number of hydrogen-bond acceptors (Lipinski definition) is 6. The van der Waals surface area contributed by atoms with Gasteiger partial charge >= 0.3 is 0 Å². The first-order valence-corrected chi connectivity index (χ1v) is 10.3. The molecule has 8 nitrogen and oxygen atoms in total. The Hall–Kier alpha value is -3.85. The molecular formula is C22H17N3O5S. The van der Waals surface area contributed by atoms with Crippen LogP contribution in [0.1, 0.15) is 42.8 Å². The number of nitro benzene ring substituents is 1. The van der Waals surface area contributed by atoms with E-state index < -0.39 is 40.9 Å². The molecule has 9 heteroatoms. The summed E-state index contributed by atoms with van der Waals surface area (Å²) in [5, 5.41) is 16.0. The number of fused-ring (bicyclic) bond motifs is 1. The molecule has 2 aromatic carbocycles. The van der Waals surface area contributed by atoms with E-state index in [0.29, 0.717) is 0 Å². The van der Waals surface area contributed by atoms with Crippen molar-refractivity contribution in [3.63, 3.8) is 0 Å². The van der Waals surface area contributed by atoms with E-state index in [1.165, 1.54) is 23.5 Å². The molecule has 0 radical (unpaired) electrons. The molecule has 2 heterocycles. The van der Waals surface area contributed by atoms with Crippen LogP contribution in [0.15, 0.2) is 60.0 Å². The van der Waals surface area contributed by atoms with Gasteiger partial charge in [0, 0.05) is 10.9 Å². The fraction of sp³-hybridized carbons (Fsp3) is 0.136. The summed E-state index contributed by atoms with van der Waals surface area (Å²) in [6.07, 6.45) is 0. The molecule has 0 bridgehead atoms. The summed E-state index contributed by atoms with van der Waals surface area (Å²) in [5.74, 6) is -2.11. The summed E-state index contributed by atoms with van der Waals surface area (Å²) in [6.45, 7) is 1.43. The van der Waals surface area contributed by atoms with E-state index in [0.717, 1.165) is 27.0 Å². The minimum atomic E-state index is -0.842. The van der Waals surface area contributed by atoms with Crippen LogP contribution in [0.5, 0.6) is 0 Å². The largest absolute Gasteiger partial charge is 0.343 e. The van der Waals surface area contributed by atoms with Crippen LogP contribution in [0, 0.1) is 17.0 Å². The normalized spacial score (nSPS) is 13.8. The minimum Gasteiger partial charge on any atom is -0.343 e. The lowest BCUT2D eigenvalue weighted by Crippen LogP contribution is -2.41. The van der Waals surface area contributed by atoms with E-state index in [1.54, 1.807) is 0 Å². The molecule has 1 atom stereocenters. The van der Waals surface area contributed by atoms with Gasteiger partial charge in [-0.3, -0.25) is 29.4 Å². The Kier molecular flexibility index (Phi) is 5.35. The molecule has 4 rings (SSSR count). The molecule has 1 aliphatic rings. The molecule has 1 N–H and O–H groups in total. The van der Waals surface area contributed by atoms with E-state index in [-0.39, 0.29) is 11.1 Å². The summed E-state index contributed by atoms with van der Waals surface area (Å²) in [7, 11) is 0. The number of nitrogens with one attached hydrogen (secondary N) is 1. The standard InChI is InChI=1S/C22H17N3O5S/c1-13-7-9-14(10-8-13)20(17-6-3-11-31-17)23-18(26)12-24-21(27)15-4-2-5-16(25(29)30)19(15)22(24)28/h2-11,20H,12H2,1H3,(H,23,26). The summed E-state index contributed by atoms with van der Waals surface area (Å²) in [4.78, 5) is 50.4. The smallest absolute Gasteiger partial charge is 0.282 e. The number of amides is 3. The molecule has 0 fully saturated rings. The predicted octanol–water partition coefficient (Wildman–Crippen LogP) is 3.47. The van der Waals surface area contributed by atoms with Gasteiger partial charge in [0.05, 0.1) is 16.5 Å². The highest BCUT2D eigenvalue weighted by atomic mass is 32.1. The van der Waals surface area contributed by atoms with Gasteiger partial charge in [-0.2, -0.15) is 0 Å². The molecular weight excluding hydrogens is 418 g/mol. The van der Waals surface area contributed by atoms with Crippen molar-refractivity contribution < 1.29 is 19.3 Å². The zero-order chi connectivity index (χ0) is 22.1. The monoisotopic (exact) mass is 435 g/mol. The van der Waals surface area contributed by atoms with Gasteiger partial charge < -0.3 is 5.32 Å². The van der Waals surface area contributed by atoms with Crippen molar-refractivity contribution >= 4 is 34.7 Å². The van der Waals surface area contributed by atoms with Crippen molar-refractivity contribution in [2.24, 2.45) is 0 Å². The number of aryl methyl sites for hydroxylation is 1. The van der Waals surface area contributed by atoms with Crippen molar-refractivity contribution in [2.45, 2.75) is 13.0 Å². The minimum absolute atomic E-state index is 0.0691. The number of carbonyl (C=O) groups excluding carboxylic acids is 3. The molecule has 0 saturated carbocycles. The third-order valence-corrected chi connectivity index (χ3v) is 5.96. The number of thiophene rings is 1. The molecule has 0 aliphatic carbocycles. The van der Waals surface area contributed by atoms with Crippen LogP contribution in [0.2, 0.25) is 0 Å². The maximum atomic E-state index is 12.8. The van der Waals surface area contributed by atoms with Crippen LogP contribution in [-0.4, -0.2) is 34.1 Å². The summed E-state index contributed by atoms with van der Waals surface area (Å²) in [6, 6.07) is 14.9. The van der Waals surface area contributed by atoms with E-state index in [2.05, 4.69) is 5.32 Å². The molecule has 1 aromatic heterocycles. The van der Waals surface area contributed by atoms with Gasteiger partial charge in [-0.05, 0) is 30.0 Å². The van der Waals surface area contributed by atoms with Gasteiger partial charge in [0.1, 0.15) is 12.1 Å². The van der Waals surface area contributed by atoms with Gasteiger partial charge in [0.2, 0.25) is 5.91 Å². The van der Waals surface area contributed by atoms with Crippen LogP contribution < -0.4 is 5.32 Å². The Morgan fingerprint density at radius 1 is 1.10 bits per heavy atom. The van der Waals surface area contributed by atoms with Crippen LogP contribution in [0.3, 0.4) is 0 Å². The second-order valence-electron chi connectivity index (χ2n) is 7.08. The van der Waals surface area contributed by atoms with Crippen LogP contribution in [0.4, 0.5) is 5.69 Å². The summed E-state index contributed by atoms with van der Waals surface area (Å²) in [5.41, 5.74) is 1.14. The highest BCUT2D eigenvalue weighted by Gasteiger charge is 2.41. The number of rotatable bonds is 6. The van der Waals surface area contributed by atoms with Crippen molar-refractivity contribution in [2.75, 3.05) is 6.54 Å². The molecule has 156 valence electrons. The first-order chi connectivity index (χ1) is 14.9. The van der Waals surface area contributed by atoms with Crippen molar-refractivity contribution in [3.05, 3.63) is 97.2 Å². The van der Waals surface area contributed by atoms with E-state index in [9.17, 15) is 24.5 Å². The molecule has 1 unspecified atom stereocenters. The molecule has 1 aliphatic heterocycles. The average Bonchev–Trinajstić information content (AvgIpc) is 3.36. The van der Waals surface area contributed by atoms with Crippen LogP contribution in [0.25, 0.3) is 0 Å². The number of carbonyl (C=O) groups is 3. The lowest BCUT2D eigenvalue weighted by atomic mass is 10.0. The third-order valence-electron chi connectivity index (χ3n) is 5.02. The topological polar surface area (TPSA) is 110 Å². The van der Waals surface area contributed by atoms with Gasteiger partial charge in [0.15, 0.2) is 0 Å². The Morgan fingerprint density at radius 3 is 2.48 bits per heavy atom. The Morgan fingerprint density at radius 2 is 1.84 bits per heavy atom. The van der Waals surface area contributed by atoms with Crippen molar-refractivity contribution in [3.8, 4) is 0 Å². The van der Waals surface area contributed by atoms with Gasteiger partial charge in [-0.15, -0.1) is 11.3 Å². The average molecular weight is 435 g/mol. The zero-order valence-corrected chi connectivity index (χ0v) is 17.2. The molecule has 31 heavy (non-hydrogen) atoms. The lowest BCUT2D eigenvalue weighted by molar-refractivity contribution is -0.385. The van der Waals surface area contributed by atoms with Crippen molar-refractivity contribution in [1.29, 1.82) is 0 Å². The fourth-order valence-electron chi connectivity index (χ4n) is 3.49. The second-order valence-corrected chi connectivity index (χ2v) is 8.06. The van der Waals surface area contributed by atoms with Gasteiger partial charge in [0.25, 0.3) is 17.5 Å². The molecule has 0 spiro atoms. The summed E-state index contributed by atoms with van der Waals surface area (Å²) < 4.78 is 0. The first kappa shape index (κ1) is 20.4. The van der Waals surface area contributed by atoms with E-state index >= 15 is 0 Å². The molecule has 0 saturated heterocycles. The number of hydrogen-bond donors (Lipinski definition) is 1. The maximum Gasteiger partial charge on any atom is 0.282 e. The van der Waals surface area contributed by atoms with E-state index in [1.807, 2.05) is 48.7 Å². The Bertz CT molecular complexity index is 1190. The van der Waals surface area contributed by atoms with Gasteiger partial charge in [-0.25, -0.2) is 0 Å². The number of benzene rings is 2. The SMILES string of the molecule is Cc1ccc(C(NC(=O)CN2C(=O)c3cccc([N+](=O)[O-])c3C2=O)c2cccs2)cc1. The van der Waals surface area contributed by atoms with Crippen LogP contribution >= 0.6 is 11.3 Å². The highest BCUT2D eigenvalue weighted by molar-refractivity contribution is 7.10. The lowest BCUT2D eigenvalue weighted by Gasteiger charge is -2.20. The molecule has 3 amide bonds. The predicted molar refractivity (Wildman–Crippen MR) is 114 cm³/mol. The zero-order valence-electron chi connectivity index (χ0n) is 16.4. The fourth-order valence-corrected chi connectivity index (χ4v) is 4.30. The van der Waals surface area contributed by atoms with E-state index in [4.69, 9.17) is 0 Å². The summed E-state index contributed by atoms with van der Waals surface area (Å²) >= 11 is 1.47. The quantitative estimate of drug-likeness (QED) is 0.362. The Labute approximate surface area is 181 Å². The Balaban J connectivity index is 1.57. The first-order valence-electron chi connectivity index (χ1n) is 9.39.